The lowest BCUT2D eigenvalue weighted by atomic mass is 9.96. The van der Waals surface area contributed by atoms with Gasteiger partial charge < -0.3 is 4.74 Å². The molecule has 0 atom stereocenters. The number of hydrogen-bond donors (Lipinski definition) is 0. The summed E-state index contributed by atoms with van der Waals surface area (Å²) in [5.74, 6) is 0. The average Bonchev–Trinajstić information content (AvgIpc) is 2.53. The van der Waals surface area contributed by atoms with Crippen LogP contribution in [0.2, 0.25) is 0 Å². The Balaban J connectivity index is 1.82. The molecule has 0 amide bonds. The van der Waals surface area contributed by atoms with Crippen molar-refractivity contribution in [2.24, 2.45) is 9.98 Å². The van der Waals surface area contributed by atoms with Gasteiger partial charge in [0, 0.05) is 6.61 Å². The van der Waals surface area contributed by atoms with E-state index in [9.17, 15) is 0 Å². The Labute approximate surface area is 131 Å². The molecule has 1 aliphatic rings. The van der Waals surface area contributed by atoms with E-state index in [-0.39, 0.29) is 0 Å². The van der Waals surface area contributed by atoms with Crippen LogP contribution in [0.3, 0.4) is 0 Å². The smallest absolute Gasteiger partial charge is 0.0896 e. The van der Waals surface area contributed by atoms with Crippen molar-refractivity contribution in [2.75, 3.05) is 19.8 Å². The summed E-state index contributed by atoms with van der Waals surface area (Å²) >= 11 is 0. The monoisotopic (exact) mass is 294 g/mol. The van der Waals surface area contributed by atoms with Crippen molar-refractivity contribution in [3.63, 3.8) is 0 Å². The van der Waals surface area contributed by atoms with Crippen LogP contribution >= 0.6 is 0 Å². The predicted octanol–water partition coefficient (Wildman–Crippen LogP) is 5.26. The van der Waals surface area contributed by atoms with Crippen molar-refractivity contribution in [2.45, 2.75) is 90.0 Å². The molecular formula is C18H34N2O. The Morgan fingerprint density at radius 1 is 0.905 bits per heavy atom. The molecule has 3 heteroatoms. The Morgan fingerprint density at radius 2 is 1.62 bits per heavy atom. The molecule has 3 nitrogen and oxygen atoms in total. The predicted molar refractivity (Wildman–Crippen MR) is 90.4 cm³/mol. The van der Waals surface area contributed by atoms with Gasteiger partial charge in [-0.3, -0.25) is 0 Å². The van der Waals surface area contributed by atoms with E-state index >= 15 is 0 Å². The Bertz CT molecular complexity index is 279. The van der Waals surface area contributed by atoms with E-state index in [2.05, 4.69) is 22.9 Å². The minimum Gasteiger partial charge on any atom is -0.379 e. The van der Waals surface area contributed by atoms with Gasteiger partial charge in [-0.15, -0.1) is 0 Å². The molecule has 0 radical (unpaired) electrons. The van der Waals surface area contributed by atoms with Crippen molar-refractivity contribution in [3.8, 4) is 0 Å². The molecule has 1 fully saturated rings. The zero-order valence-electron chi connectivity index (χ0n) is 14.0. The van der Waals surface area contributed by atoms with Crippen molar-refractivity contribution in [1.82, 2.24) is 0 Å². The lowest BCUT2D eigenvalue weighted by Crippen LogP contribution is -2.08. The second kappa shape index (κ2) is 14.3. The molecule has 0 unspecified atom stereocenters. The van der Waals surface area contributed by atoms with Crippen molar-refractivity contribution < 1.29 is 4.74 Å². The fraction of sp³-hybridized carbons (Fsp3) is 0.944. The third-order valence-electron chi connectivity index (χ3n) is 4.13. The average molecular weight is 294 g/mol. The molecule has 0 aromatic heterocycles. The van der Waals surface area contributed by atoms with Gasteiger partial charge in [0.1, 0.15) is 0 Å². The summed E-state index contributed by atoms with van der Waals surface area (Å²) in [5.41, 5.74) is 0. The largest absolute Gasteiger partial charge is 0.379 e. The van der Waals surface area contributed by atoms with Gasteiger partial charge in [-0.25, -0.2) is 9.98 Å². The van der Waals surface area contributed by atoms with Crippen LogP contribution in [-0.4, -0.2) is 31.8 Å². The SMILES string of the molecule is CCCCCCCCCOCCN=C=NC1CCCCC1. The first-order chi connectivity index (χ1) is 10.4. The molecule has 1 rings (SSSR count). The van der Waals surface area contributed by atoms with Crippen LogP contribution in [0.4, 0.5) is 0 Å². The van der Waals surface area contributed by atoms with Crippen LogP contribution in [-0.2, 0) is 4.74 Å². The van der Waals surface area contributed by atoms with E-state index in [1.165, 1.54) is 77.0 Å². The van der Waals surface area contributed by atoms with E-state index in [1.54, 1.807) is 0 Å². The molecular weight excluding hydrogens is 260 g/mol. The van der Waals surface area contributed by atoms with Crippen LogP contribution in [0.25, 0.3) is 0 Å². The van der Waals surface area contributed by atoms with Gasteiger partial charge >= 0.3 is 0 Å². The van der Waals surface area contributed by atoms with Crippen LogP contribution in [0.1, 0.15) is 84.0 Å². The van der Waals surface area contributed by atoms with E-state index < -0.39 is 0 Å². The van der Waals surface area contributed by atoms with Crippen LogP contribution in [0.15, 0.2) is 9.98 Å². The minimum absolute atomic E-state index is 0.483. The zero-order chi connectivity index (χ0) is 15.0. The van der Waals surface area contributed by atoms with Crippen LogP contribution < -0.4 is 0 Å². The summed E-state index contributed by atoms with van der Waals surface area (Å²) in [6, 6.07) is 3.34. The van der Waals surface area contributed by atoms with Crippen molar-refractivity contribution in [1.29, 1.82) is 0 Å². The number of aliphatic imine (C=N–C) groups is 2. The highest BCUT2D eigenvalue weighted by Crippen LogP contribution is 2.19. The van der Waals surface area contributed by atoms with Gasteiger partial charge in [-0.05, 0) is 19.3 Å². The molecule has 122 valence electrons. The van der Waals surface area contributed by atoms with Gasteiger partial charge in [0.2, 0.25) is 0 Å². The molecule has 1 aliphatic carbocycles. The zero-order valence-corrected chi connectivity index (χ0v) is 14.0. The van der Waals surface area contributed by atoms with Gasteiger partial charge in [-0.1, -0.05) is 64.7 Å². The molecule has 0 heterocycles. The summed E-state index contributed by atoms with van der Waals surface area (Å²) in [5, 5.41) is 0. The molecule has 0 N–H and O–H groups in total. The second-order valence-corrected chi connectivity index (χ2v) is 6.14. The molecule has 0 aliphatic heterocycles. The molecule has 21 heavy (non-hydrogen) atoms. The summed E-state index contributed by atoms with van der Waals surface area (Å²) in [6.07, 6.45) is 15.8. The molecule has 0 aromatic carbocycles. The van der Waals surface area contributed by atoms with E-state index in [0.29, 0.717) is 19.2 Å². The minimum atomic E-state index is 0.483. The summed E-state index contributed by atoms with van der Waals surface area (Å²) in [4.78, 5) is 8.59. The first-order valence-electron chi connectivity index (χ1n) is 9.12. The maximum Gasteiger partial charge on any atom is 0.0896 e. The quantitative estimate of drug-likeness (QED) is 0.357. The van der Waals surface area contributed by atoms with Crippen LogP contribution in [0.5, 0.6) is 0 Å². The summed E-state index contributed by atoms with van der Waals surface area (Å²) in [7, 11) is 0. The standard InChI is InChI=1S/C18H34N2O/c1-2-3-4-5-6-7-11-15-21-16-14-19-17-20-18-12-9-8-10-13-18/h18H,2-16H2,1H3. The molecule has 0 aromatic rings. The molecule has 1 saturated carbocycles. The fourth-order valence-electron chi connectivity index (χ4n) is 2.76. The second-order valence-electron chi connectivity index (χ2n) is 6.14. The number of nitrogens with zero attached hydrogens (tertiary/aromatic N) is 2. The maximum absolute atomic E-state index is 5.58. The number of unbranched alkanes of at least 4 members (excludes halogenated alkanes) is 6. The molecule has 0 spiro atoms. The maximum atomic E-state index is 5.58. The first kappa shape index (κ1) is 18.4. The van der Waals surface area contributed by atoms with E-state index in [4.69, 9.17) is 4.74 Å². The lowest BCUT2D eigenvalue weighted by Gasteiger charge is -2.15. The summed E-state index contributed by atoms with van der Waals surface area (Å²) in [6.45, 7) is 4.55. The Morgan fingerprint density at radius 3 is 2.38 bits per heavy atom. The highest BCUT2D eigenvalue weighted by atomic mass is 16.5. The number of ether oxygens (including phenoxy) is 1. The Kier molecular flexibility index (Phi) is 12.5. The third-order valence-corrected chi connectivity index (χ3v) is 4.13. The number of hydrogen-bond acceptors (Lipinski definition) is 3. The van der Waals surface area contributed by atoms with E-state index in [1.807, 2.05) is 0 Å². The normalized spacial score (nSPS) is 15.7. The van der Waals surface area contributed by atoms with Crippen molar-refractivity contribution >= 4 is 6.01 Å². The highest BCUT2D eigenvalue weighted by molar-refractivity contribution is 5.41. The Hall–Kier alpha value is -0.660. The van der Waals surface area contributed by atoms with E-state index in [0.717, 1.165) is 6.61 Å². The van der Waals surface area contributed by atoms with Crippen LogP contribution in [0, 0.1) is 0 Å². The molecule has 0 saturated heterocycles. The summed E-state index contributed by atoms with van der Waals surface area (Å²) < 4.78 is 5.58. The van der Waals surface area contributed by atoms with Gasteiger partial charge in [0.15, 0.2) is 0 Å². The topological polar surface area (TPSA) is 34.0 Å². The van der Waals surface area contributed by atoms with Gasteiger partial charge in [0.05, 0.1) is 25.2 Å². The van der Waals surface area contributed by atoms with Gasteiger partial charge in [-0.2, -0.15) is 0 Å². The first-order valence-corrected chi connectivity index (χ1v) is 9.12. The lowest BCUT2D eigenvalue weighted by molar-refractivity contribution is 0.137. The van der Waals surface area contributed by atoms with Crippen molar-refractivity contribution in [3.05, 3.63) is 0 Å². The third kappa shape index (κ3) is 11.7. The number of rotatable bonds is 12. The highest BCUT2D eigenvalue weighted by Gasteiger charge is 2.10. The molecule has 0 bridgehead atoms. The van der Waals surface area contributed by atoms with Gasteiger partial charge in [0.25, 0.3) is 0 Å². The fourth-order valence-corrected chi connectivity index (χ4v) is 2.76.